The molecule has 0 aliphatic carbocycles. The smallest absolute Gasteiger partial charge is 0.414 e. The van der Waals surface area contributed by atoms with Gasteiger partial charge in [0, 0.05) is 31.7 Å². The van der Waals surface area contributed by atoms with Crippen LogP contribution < -0.4 is 26.2 Å². The average molecular weight is 488 g/mol. The van der Waals surface area contributed by atoms with Crippen LogP contribution >= 0.6 is 0 Å². The van der Waals surface area contributed by atoms with Gasteiger partial charge in [0.15, 0.2) is 0 Å². The molecule has 2 fully saturated rings. The Bertz CT molecular complexity index is 963. The lowest BCUT2D eigenvalue weighted by molar-refractivity contribution is -0.106. The van der Waals surface area contributed by atoms with E-state index in [0.29, 0.717) is 24.3 Å². The van der Waals surface area contributed by atoms with E-state index in [4.69, 9.17) is 9.53 Å². The lowest BCUT2D eigenvalue weighted by Crippen LogP contribution is -2.29. The number of aldehydes is 1. The third-order valence-electron chi connectivity index (χ3n) is 5.11. The summed E-state index contributed by atoms with van der Waals surface area (Å²) >= 11 is 0. The number of cyclic esters (lactones) is 1. The predicted octanol–water partition coefficient (Wildman–Crippen LogP) is 2.65. The molecule has 0 aromatic heterocycles. The summed E-state index contributed by atoms with van der Waals surface area (Å²) in [5.41, 5.74) is 3.00. The maximum atomic E-state index is 14.7. The molecule has 4 N–H and O–H groups in total. The van der Waals surface area contributed by atoms with Gasteiger partial charge in [-0.25, -0.2) is 14.0 Å². The molecule has 1 unspecified atom stereocenters. The largest absolute Gasteiger partial charge is 0.443 e. The van der Waals surface area contributed by atoms with Gasteiger partial charge in [0.05, 0.1) is 12.2 Å². The quantitative estimate of drug-likeness (QED) is 0.447. The van der Waals surface area contributed by atoms with E-state index >= 15 is 0 Å². The fourth-order valence-corrected chi connectivity index (χ4v) is 3.46. The number of benzene rings is 2. The molecule has 9 nitrogen and oxygen atoms in total. The van der Waals surface area contributed by atoms with Crippen LogP contribution in [0.5, 0.6) is 0 Å². The molecule has 2 heterocycles. The number of rotatable bonds is 7. The maximum absolute atomic E-state index is 14.7. The Balaban J connectivity index is 0.000000406. The Hall–Kier alpha value is -3.50. The molecule has 0 radical (unpaired) electrons. The van der Waals surface area contributed by atoms with Gasteiger partial charge in [-0.15, -0.1) is 0 Å². The molecule has 2 aliphatic heterocycles. The Morgan fingerprint density at radius 3 is 2.31 bits per heavy atom. The molecular formula is C25H34FN5O4. The van der Waals surface area contributed by atoms with Crippen LogP contribution in [0.3, 0.4) is 0 Å². The number of anilines is 1. The summed E-state index contributed by atoms with van der Waals surface area (Å²) in [6.45, 7) is 7.74. The standard InChI is InChI=1S/C20H24FN3O2.C3H6N2O.C2H4O/c1-3-23-11-14-4-6-15(7-5-14)18-9-8-16(10-19(18)21)24-13-17(12-22-2)26-20(24)25;6-3-4-1-2-5-3;1-2-3/h4-10,17,22-23H,3,11-13H2,1-2H3;1-2H2,(H2,4,5,6);2H,1H3. The van der Waals surface area contributed by atoms with Gasteiger partial charge in [-0.1, -0.05) is 31.2 Å². The Kier molecular flexibility index (Phi) is 11.6. The normalized spacial score (nSPS) is 16.2. The lowest BCUT2D eigenvalue weighted by atomic mass is 10.0. The molecule has 3 amide bonds. The van der Waals surface area contributed by atoms with Gasteiger partial charge in [0.1, 0.15) is 18.2 Å². The highest BCUT2D eigenvalue weighted by Crippen LogP contribution is 2.29. The molecule has 2 aromatic carbocycles. The molecule has 2 aromatic rings. The van der Waals surface area contributed by atoms with Crippen molar-refractivity contribution in [2.45, 2.75) is 26.5 Å². The van der Waals surface area contributed by atoms with Crippen molar-refractivity contribution < 1.29 is 23.5 Å². The van der Waals surface area contributed by atoms with Crippen molar-refractivity contribution >= 4 is 24.1 Å². The summed E-state index contributed by atoms with van der Waals surface area (Å²) in [7, 11) is 1.80. The van der Waals surface area contributed by atoms with E-state index in [9.17, 15) is 14.0 Å². The molecule has 2 saturated heterocycles. The highest BCUT2D eigenvalue weighted by Gasteiger charge is 2.32. The highest BCUT2D eigenvalue weighted by atomic mass is 19.1. The number of nitrogens with one attached hydrogen (secondary N) is 4. The van der Waals surface area contributed by atoms with Crippen molar-refractivity contribution in [1.82, 2.24) is 21.3 Å². The second kappa shape index (κ2) is 14.7. The SMILES string of the molecule is CC=O.CCNCc1ccc(-c2ccc(N3CC(CNC)OC3=O)cc2F)cc1.O=C1NCCN1. The summed E-state index contributed by atoms with van der Waals surface area (Å²) in [4.78, 5) is 32.3. The molecule has 0 spiro atoms. The predicted molar refractivity (Wildman–Crippen MR) is 134 cm³/mol. The summed E-state index contributed by atoms with van der Waals surface area (Å²) < 4.78 is 19.9. The third-order valence-corrected chi connectivity index (χ3v) is 5.11. The number of amides is 3. The molecule has 4 rings (SSSR count). The van der Waals surface area contributed by atoms with Crippen LogP contribution in [0, 0.1) is 5.82 Å². The zero-order chi connectivity index (χ0) is 25.6. The van der Waals surface area contributed by atoms with Crippen LogP contribution in [0.15, 0.2) is 42.5 Å². The topological polar surface area (TPSA) is 112 Å². The number of hydrogen-bond donors (Lipinski definition) is 4. The van der Waals surface area contributed by atoms with Crippen molar-refractivity contribution in [2.24, 2.45) is 0 Å². The van der Waals surface area contributed by atoms with E-state index in [2.05, 4.69) is 28.2 Å². The first-order valence-corrected chi connectivity index (χ1v) is 11.6. The zero-order valence-corrected chi connectivity index (χ0v) is 20.4. The van der Waals surface area contributed by atoms with Crippen molar-refractivity contribution in [1.29, 1.82) is 0 Å². The van der Waals surface area contributed by atoms with E-state index in [1.807, 2.05) is 24.3 Å². The van der Waals surface area contributed by atoms with Crippen molar-refractivity contribution in [3.8, 4) is 11.1 Å². The summed E-state index contributed by atoms with van der Waals surface area (Å²) in [6.07, 6.45) is 0.0877. The van der Waals surface area contributed by atoms with Crippen LogP contribution in [-0.4, -0.2) is 64.3 Å². The van der Waals surface area contributed by atoms with E-state index < -0.39 is 6.09 Å². The molecule has 190 valence electrons. The van der Waals surface area contributed by atoms with Gasteiger partial charge in [0.2, 0.25) is 0 Å². The first-order valence-electron chi connectivity index (χ1n) is 11.6. The van der Waals surface area contributed by atoms with Gasteiger partial charge in [-0.05, 0) is 49.8 Å². The minimum atomic E-state index is -0.440. The van der Waals surface area contributed by atoms with Crippen LogP contribution in [-0.2, 0) is 16.1 Å². The van der Waals surface area contributed by atoms with Crippen LogP contribution in [0.25, 0.3) is 11.1 Å². The lowest BCUT2D eigenvalue weighted by Gasteiger charge is -2.14. The number of likely N-dealkylation sites (N-methyl/N-ethyl adjacent to an activating group) is 1. The van der Waals surface area contributed by atoms with Crippen molar-refractivity contribution in [2.75, 3.05) is 44.7 Å². The van der Waals surface area contributed by atoms with Gasteiger partial charge in [0.25, 0.3) is 0 Å². The van der Waals surface area contributed by atoms with Gasteiger partial charge >= 0.3 is 12.1 Å². The number of nitrogens with zero attached hydrogens (tertiary/aromatic N) is 1. The van der Waals surface area contributed by atoms with Crippen LogP contribution in [0.1, 0.15) is 19.4 Å². The molecular weight excluding hydrogens is 453 g/mol. The molecule has 1 atom stereocenters. The van der Waals surface area contributed by atoms with Gasteiger partial charge < -0.3 is 30.8 Å². The molecule has 0 bridgehead atoms. The number of carbonyl (C=O) groups is 3. The number of ether oxygens (including phenoxy) is 1. The minimum absolute atomic E-state index is 0.0463. The number of hydrogen-bond acceptors (Lipinski definition) is 6. The van der Waals surface area contributed by atoms with E-state index in [-0.39, 0.29) is 18.0 Å². The average Bonchev–Trinajstić information content (AvgIpc) is 3.47. The monoisotopic (exact) mass is 487 g/mol. The van der Waals surface area contributed by atoms with E-state index in [1.54, 1.807) is 19.2 Å². The van der Waals surface area contributed by atoms with Crippen LogP contribution in [0.2, 0.25) is 0 Å². The number of carbonyl (C=O) groups excluding carboxylic acids is 3. The summed E-state index contributed by atoms with van der Waals surface area (Å²) in [5, 5.41) is 11.4. The second-order valence-corrected chi connectivity index (χ2v) is 7.73. The summed E-state index contributed by atoms with van der Waals surface area (Å²) in [6, 6.07) is 12.6. The first kappa shape index (κ1) is 27.7. The van der Waals surface area contributed by atoms with E-state index in [0.717, 1.165) is 43.6 Å². The Labute approximate surface area is 205 Å². The fraction of sp³-hybridized carbons (Fsp3) is 0.400. The van der Waals surface area contributed by atoms with Crippen molar-refractivity contribution in [3.05, 3.63) is 53.8 Å². The Morgan fingerprint density at radius 1 is 1.14 bits per heavy atom. The fourth-order valence-electron chi connectivity index (χ4n) is 3.46. The molecule has 0 saturated carbocycles. The maximum Gasteiger partial charge on any atom is 0.414 e. The van der Waals surface area contributed by atoms with Crippen molar-refractivity contribution in [3.63, 3.8) is 0 Å². The van der Waals surface area contributed by atoms with Gasteiger partial charge in [-0.2, -0.15) is 0 Å². The molecule has 10 heteroatoms. The van der Waals surface area contributed by atoms with Gasteiger partial charge in [-0.3, -0.25) is 4.90 Å². The summed E-state index contributed by atoms with van der Waals surface area (Å²) in [5.74, 6) is -0.355. The Morgan fingerprint density at radius 2 is 1.80 bits per heavy atom. The highest BCUT2D eigenvalue weighted by molar-refractivity contribution is 5.90. The zero-order valence-electron chi connectivity index (χ0n) is 20.4. The molecule has 35 heavy (non-hydrogen) atoms. The first-order chi connectivity index (χ1) is 16.9. The minimum Gasteiger partial charge on any atom is -0.443 e. The van der Waals surface area contributed by atoms with Crippen LogP contribution in [0.4, 0.5) is 19.7 Å². The molecule has 2 aliphatic rings. The van der Waals surface area contributed by atoms with E-state index in [1.165, 1.54) is 17.9 Å². The third kappa shape index (κ3) is 8.66. The second-order valence-electron chi connectivity index (χ2n) is 7.73. The number of urea groups is 1. The number of halogens is 1.